The number of carbonyl (C=O) groups excluding carboxylic acids is 1. The molecule has 0 saturated carbocycles. The minimum atomic E-state index is -0.422. The van der Waals surface area contributed by atoms with Crippen LogP contribution in [0.4, 0.5) is 5.69 Å². The van der Waals surface area contributed by atoms with Gasteiger partial charge in [0.25, 0.3) is 0 Å². The molecule has 3 nitrogen and oxygen atoms in total. The number of hydrogen-bond acceptors (Lipinski definition) is 3. The zero-order valence-electron chi connectivity index (χ0n) is 11.5. The summed E-state index contributed by atoms with van der Waals surface area (Å²) >= 11 is 6.05. The van der Waals surface area contributed by atoms with Gasteiger partial charge >= 0.3 is 5.97 Å². The highest BCUT2D eigenvalue weighted by molar-refractivity contribution is 6.33. The number of aryl methyl sites for hydroxylation is 1. The van der Waals surface area contributed by atoms with Gasteiger partial charge in [0.15, 0.2) is 0 Å². The Morgan fingerprint density at radius 1 is 1.24 bits per heavy atom. The third kappa shape index (κ3) is 2.88. The van der Waals surface area contributed by atoms with E-state index >= 15 is 0 Å². The number of nitrogen functional groups attached to an aromatic ring is 1. The SMILES string of the molecule is Nc1ccc(Cl)c(C(=O)OC2CCCc3ccccc32)c1. The number of benzene rings is 2. The summed E-state index contributed by atoms with van der Waals surface area (Å²) in [6.07, 6.45) is 2.67. The fourth-order valence-corrected chi connectivity index (χ4v) is 2.92. The maximum Gasteiger partial charge on any atom is 0.340 e. The van der Waals surface area contributed by atoms with Gasteiger partial charge in [-0.2, -0.15) is 0 Å². The molecule has 0 aliphatic heterocycles. The van der Waals surface area contributed by atoms with Crippen LogP contribution < -0.4 is 5.73 Å². The Morgan fingerprint density at radius 2 is 2.05 bits per heavy atom. The molecule has 3 rings (SSSR count). The molecular weight excluding hydrogens is 286 g/mol. The summed E-state index contributed by atoms with van der Waals surface area (Å²) in [5, 5.41) is 0.360. The molecule has 0 bridgehead atoms. The molecule has 1 aliphatic carbocycles. The van der Waals surface area contributed by atoms with Crippen molar-refractivity contribution in [2.45, 2.75) is 25.4 Å². The van der Waals surface area contributed by atoms with Crippen molar-refractivity contribution in [3.05, 3.63) is 64.2 Å². The topological polar surface area (TPSA) is 52.3 Å². The lowest BCUT2D eigenvalue weighted by Crippen LogP contribution is -2.17. The van der Waals surface area contributed by atoms with E-state index in [9.17, 15) is 4.79 Å². The quantitative estimate of drug-likeness (QED) is 0.669. The van der Waals surface area contributed by atoms with Crippen LogP contribution in [-0.4, -0.2) is 5.97 Å². The van der Waals surface area contributed by atoms with E-state index in [2.05, 4.69) is 6.07 Å². The van der Waals surface area contributed by atoms with Gasteiger partial charge in [-0.05, 0) is 48.6 Å². The summed E-state index contributed by atoms with van der Waals surface area (Å²) in [5.41, 5.74) is 8.87. The second-order valence-corrected chi connectivity index (χ2v) is 5.63. The highest BCUT2D eigenvalue weighted by atomic mass is 35.5. The molecule has 1 atom stereocenters. The highest BCUT2D eigenvalue weighted by Crippen LogP contribution is 2.33. The van der Waals surface area contributed by atoms with Gasteiger partial charge < -0.3 is 10.5 Å². The van der Waals surface area contributed by atoms with Crippen LogP contribution in [0.2, 0.25) is 5.02 Å². The number of esters is 1. The number of carbonyl (C=O) groups is 1. The van der Waals surface area contributed by atoms with Gasteiger partial charge in [0.1, 0.15) is 6.10 Å². The largest absolute Gasteiger partial charge is 0.454 e. The van der Waals surface area contributed by atoms with E-state index in [4.69, 9.17) is 22.1 Å². The maximum atomic E-state index is 12.3. The number of ether oxygens (including phenoxy) is 1. The van der Waals surface area contributed by atoms with Crippen LogP contribution >= 0.6 is 11.6 Å². The summed E-state index contributed by atoms with van der Waals surface area (Å²) in [7, 11) is 0. The van der Waals surface area contributed by atoms with E-state index in [0.29, 0.717) is 16.3 Å². The van der Waals surface area contributed by atoms with Gasteiger partial charge in [0, 0.05) is 5.69 Å². The second kappa shape index (κ2) is 5.78. The number of hydrogen-bond donors (Lipinski definition) is 1. The van der Waals surface area contributed by atoms with Crippen LogP contribution in [0.1, 0.15) is 40.4 Å². The second-order valence-electron chi connectivity index (χ2n) is 5.22. The Kier molecular flexibility index (Phi) is 3.84. The normalized spacial score (nSPS) is 17.1. The van der Waals surface area contributed by atoms with Crippen molar-refractivity contribution in [2.75, 3.05) is 5.73 Å². The van der Waals surface area contributed by atoms with E-state index < -0.39 is 5.97 Å². The van der Waals surface area contributed by atoms with E-state index in [1.807, 2.05) is 18.2 Å². The molecule has 0 spiro atoms. The number of halogens is 1. The first kappa shape index (κ1) is 14.0. The van der Waals surface area contributed by atoms with Gasteiger partial charge in [-0.1, -0.05) is 35.9 Å². The van der Waals surface area contributed by atoms with E-state index in [1.54, 1.807) is 18.2 Å². The van der Waals surface area contributed by atoms with Crippen molar-refractivity contribution in [3.63, 3.8) is 0 Å². The van der Waals surface area contributed by atoms with Gasteiger partial charge in [-0.3, -0.25) is 0 Å². The average Bonchev–Trinajstić information content (AvgIpc) is 2.50. The van der Waals surface area contributed by atoms with Crippen molar-refractivity contribution in [1.82, 2.24) is 0 Å². The molecular formula is C17H16ClNO2. The Labute approximate surface area is 128 Å². The minimum Gasteiger partial charge on any atom is -0.454 e. The molecule has 2 aromatic rings. The van der Waals surface area contributed by atoms with Crippen LogP contribution in [0.15, 0.2) is 42.5 Å². The van der Waals surface area contributed by atoms with Crippen molar-refractivity contribution < 1.29 is 9.53 Å². The lowest BCUT2D eigenvalue weighted by Gasteiger charge is -2.25. The van der Waals surface area contributed by atoms with Crippen molar-refractivity contribution in [3.8, 4) is 0 Å². The summed E-state index contributed by atoms with van der Waals surface area (Å²) < 4.78 is 5.66. The molecule has 108 valence electrons. The first-order valence-electron chi connectivity index (χ1n) is 6.99. The van der Waals surface area contributed by atoms with Gasteiger partial charge in [0.05, 0.1) is 10.6 Å². The van der Waals surface area contributed by atoms with Crippen molar-refractivity contribution in [2.24, 2.45) is 0 Å². The third-order valence-corrected chi connectivity index (χ3v) is 4.10. The van der Waals surface area contributed by atoms with Gasteiger partial charge in [-0.15, -0.1) is 0 Å². The minimum absolute atomic E-state index is 0.208. The summed E-state index contributed by atoms with van der Waals surface area (Å²) in [4.78, 5) is 12.3. The molecule has 2 N–H and O–H groups in total. The Morgan fingerprint density at radius 3 is 2.90 bits per heavy atom. The first-order chi connectivity index (χ1) is 10.1. The Balaban J connectivity index is 1.84. The summed E-state index contributed by atoms with van der Waals surface area (Å²) in [5.74, 6) is -0.422. The molecule has 4 heteroatoms. The lowest BCUT2D eigenvalue weighted by atomic mass is 9.89. The highest BCUT2D eigenvalue weighted by Gasteiger charge is 2.24. The fraction of sp³-hybridized carbons (Fsp3) is 0.235. The molecule has 0 heterocycles. The average molecular weight is 302 g/mol. The lowest BCUT2D eigenvalue weighted by molar-refractivity contribution is 0.0257. The number of anilines is 1. The van der Waals surface area contributed by atoms with Gasteiger partial charge in [-0.25, -0.2) is 4.79 Å². The molecule has 0 aromatic heterocycles. The first-order valence-corrected chi connectivity index (χ1v) is 7.37. The molecule has 0 amide bonds. The predicted octanol–water partition coefficient (Wildman–Crippen LogP) is 4.16. The van der Waals surface area contributed by atoms with E-state index in [1.165, 1.54) is 5.56 Å². The molecule has 0 radical (unpaired) electrons. The fourth-order valence-electron chi connectivity index (χ4n) is 2.72. The van der Waals surface area contributed by atoms with Crippen LogP contribution in [0.25, 0.3) is 0 Å². The maximum absolute atomic E-state index is 12.3. The van der Waals surface area contributed by atoms with E-state index in [0.717, 1.165) is 24.8 Å². The van der Waals surface area contributed by atoms with Crippen molar-refractivity contribution in [1.29, 1.82) is 0 Å². The van der Waals surface area contributed by atoms with Crippen LogP contribution in [0.5, 0.6) is 0 Å². The Hall–Kier alpha value is -2.00. The van der Waals surface area contributed by atoms with E-state index in [-0.39, 0.29) is 6.10 Å². The molecule has 2 aromatic carbocycles. The molecule has 21 heavy (non-hydrogen) atoms. The predicted molar refractivity (Wildman–Crippen MR) is 83.4 cm³/mol. The monoisotopic (exact) mass is 301 g/mol. The third-order valence-electron chi connectivity index (χ3n) is 3.77. The smallest absolute Gasteiger partial charge is 0.340 e. The standard InChI is InChI=1S/C17H16ClNO2/c18-15-9-8-12(19)10-14(15)17(20)21-16-7-3-5-11-4-1-2-6-13(11)16/h1-2,4,6,8-10,16H,3,5,7,19H2. The molecule has 0 fully saturated rings. The number of rotatable bonds is 2. The Bertz CT molecular complexity index is 684. The molecule has 1 unspecified atom stereocenters. The molecule has 1 aliphatic rings. The zero-order chi connectivity index (χ0) is 14.8. The molecule has 0 saturated heterocycles. The number of fused-ring (bicyclic) bond motifs is 1. The van der Waals surface area contributed by atoms with Gasteiger partial charge in [0.2, 0.25) is 0 Å². The number of nitrogens with two attached hydrogens (primary N) is 1. The summed E-state index contributed by atoms with van der Waals surface area (Å²) in [6, 6.07) is 12.9. The van der Waals surface area contributed by atoms with Crippen LogP contribution in [0.3, 0.4) is 0 Å². The van der Waals surface area contributed by atoms with Crippen LogP contribution in [0, 0.1) is 0 Å². The van der Waals surface area contributed by atoms with Crippen molar-refractivity contribution >= 4 is 23.3 Å². The zero-order valence-corrected chi connectivity index (χ0v) is 12.3. The summed E-state index contributed by atoms with van der Waals surface area (Å²) in [6.45, 7) is 0. The van der Waals surface area contributed by atoms with Crippen LogP contribution in [-0.2, 0) is 11.2 Å².